The Kier molecular flexibility index (Phi) is 3.48. The zero-order chi connectivity index (χ0) is 15.8. The van der Waals surface area contributed by atoms with Gasteiger partial charge in [0.05, 0.1) is 11.3 Å². The molecule has 4 rings (SSSR count). The Balaban J connectivity index is 1.45. The van der Waals surface area contributed by atoms with E-state index in [0.717, 1.165) is 56.2 Å². The minimum atomic E-state index is -0.442. The third-order valence-corrected chi connectivity index (χ3v) is 4.65. The van der Waals surface area contributed by atoms with Crippen molar-refractivity contribution in [1.29, 1.82) is 0 Å². The molecule has 2 aromatic heterocycles. The summed E-state index contributed by atoms with van der Waals surface area (Å²) in [5.74, 6) is 2.00. The van der Waals surface area contributed by atoms with E-state index in [9.17, 15) is 4.79 Å². The van der Waals surface area contributed by atoms with Crippen LogP contribution in [0, 0.1) is 0 Å². The Morgan fingerprint density at radius 1 is 1.22 bits per heavy atom. The molecule has 2 fully saturated rings. The van der Waals surface area contributed by atoms with Gasteiger partial charge in [0.2, 0.25) is 5.89 Å². The molecule has 1 saturated carbocycles. The highest BCUT2D eigenvalue weighted by molar-refractivity contribution is 5.98. The number of carbonyl (C=O) groups is 1. The van der Waals surface area contributed by atoms with Crippen molar-refractivity contribution in [3.63, 3.8) is 0 Å². The standard InChI is InChI=1S/C16H19N5O2/c17-14(22)12-9-18-6-3-13(12)21-7-4-10(5-8-21)15-19-16(23-20-15)11-1-2-11/h3,6,9-11H,1-2,4-5,7-8H2,(H2,17,22). The summed E-state index contributed by atoms with van der Waals surface area (Å²) in [5.41, 5.74) is 6.77. The molecule has 1 aliphatic carbocycles. The van der Waals surface area contributed by atoms with Crippen LogP contribution >= 0.6 is 0 Å². The van der Waals surface area contributed by atoms with E-state index in [1.807, 2.05) is 6.07 Å². The number of pyridine rings is 1. The van der Waals surface area contributed by atoms with Crippen LogP contribution in [0.2, 0.25) is 0 Å². The fourth-order valence-corrected chi connectivity index (χ4v) is 3.14. The van der Waals surface area contributed by atoms with Crippen LogP contribution in [-0.2, 0) is 0 Å². The first-order valence-corrected chi connectivity index (χ1v) is 8.04. The van der Waals surface area contributed by atoms with Gasteiger partial charge in [-0.15, -0.1) is 0 Å². The van der Waals surface area contributed by atoms with Gasteiger partial charge in [-0.2, -0.15) is 4.98 Å². The SMILES string of the molecule is NC(=O)c1cnccc1N1CCC(c2noc(C3CC3)n2)CC1. The fourth-order valence-electron chi connectivity index (χ4n) is 3.14. The second-order valence-corrected chi connectivity index (χ2v) is 6.28. The number of anilines is 1. The van der Waals surface area contributed by atoms with E-state index in [1.165, 1.54) is 6.20 Å². The molecule has 2 aromatic rings. The van der Waals surface area contributed by atoms with Crippen LogP contribution in [0.5, 0.6) is 0 Å². The third-order valence-electron chi connectivity index (χ3n) is 4.65. The third kappa shape index (κ3) is 2.78. The quantitative estimate of drug-likeness (QED) is 0.924. The first-order valence-electron chi connectivity index (χ1n) is 8.04. The average Bonchev–Trinajstić information content (AvgIpc) is 3.32. The van der Waals surface area contributed by atoms with Crippen LogP contribution in [0.15, 0.2) is 23.0 Å². The molecule has 3 heterocycles. The number of nitrogens with zero attached hydrogens (tertiary/aromatic N) is 4. The van der Waals surface area contributed by atoms with E-state index in [2.05, 4.69) is 20.0 Å². The van der Waals surface area contributed by atoms with Crippen molar-refractivity contribution in [2.45, 2.75) is 37.5 Å². The lowest BCUT2D eigenvalue weighted by molar-refractivity contribution is 0.100. The Bertz CT molecular complexity index is 717. The van der Waals surface area contributed by atoms with Crippen LogP contribution in [0.25, 0.3) is 0 Å². The summed E-state index contributed by atoms with van der Waals surface area (Å²) < 4.78 is 5.36. The normalized spacial score (nSPS) is 19.0. The first kappa shape index (κ1) is 14.2. The molecule has 2 N–H and O–H groups in total. The smallest absolute Gasteiger partial charge is 0.252 e. The number of nitrogens with two attached hydrogens (primary N) is 1. The molecule has 0 unspecified atom stereocenters. The number of primary amides is 1. The van der Waals surface area contributed by atoms with Crippen molar-refractivity contribution < 1.29 is 9.32 Å². The van der Waals surface area contributed by atoms with Crippen LogP contribution in [-0.4, -0.2) is 34.1 Å². The van der Waals surface area contributed by atoms with Gasteiger partial charge in [0.25, 0.3) is 5.91 Å². The molecule has 0 aromatic carbocycles. The number of hydrogen-bond donors (Lipinski definition) is 1. The molecular formula is C16H19N5O2. The molecular weight excluding hydrogens is 294 g/mol. The number of piperidine rings is 1. The predicted molar refractivity (Wildman–Crippen MR) is 83.2 cm³/mol. The van der Waals surface area contributed by atoms with E-state index in [0.29, 0.717) is 17.4 Å². The highest BCUT2D eigenvalue weighted by Gasteiger charge is 2.32. The molecule has 0 spiro atoms. The Labute approximate surface area is 133 Å². The van der Waals surface area contributed by atoms with Gasteiger partial charge in [-0.25, -0.2) is 0 Å². The molecule has 0 bridgehead atoms. The van der Waals surface area contributed by atoms with Crippen LogP contribution in [0.4, 0.5) is 5.69 Å². The largest absolute Gasteiger partial charge is 0.371 e. The van der Waals surface area contributed by atoms with Crippen molar-refractivity contribution in [3.05, 3.63) is 35.7 Å². The summed E-state index contributed by atoms with van der Waals surface area (Å²) in [6, 6.07) is 1.85. The maximum atomic E-state index is 11.5. The number of amides is 1. The first-order chi connectivity index (χ1) is 11.2. The maximum Gasteiger partial charge on any atom is 0.252 e. The zero-order valence-corrected chi connectivity index (χ0v) is 12.8. The van der Waals surface area contributed by atoms with Gasteiger partial charge in [-0.05, 0) is 31.7 Å². The molecule has 2 aliphatic rings. The van der Waals surface area contributed by atoms with Gasteiger partial charge in [0.15, 0.2) is 5.82 Å². The molecule has 0 atom stereocenters. The van der Waals surface area contributed by atoms with Gasteiger partial charge in [-0.1, -0.05) is 5.16 Å². The van der Waals surface area contributed by atoms with Gasteiger partial charge in [0.1, 0.15) is 0 Å². The minimum absolute atomic E-state index is 0.321. The van der Waals surface area contributed by atoms with Crippen molar-refractivity contribution >= 4 is 11.6 Å². The summed E-state index contributed by atoms with van der Waals surface area (Å²) in [6.45, 7) is 1.67. The zero-order valence-electron chi connectivity index (χ0n) is 12.8. The van der Waals surface area contributed by atoms with E-state index in [4.69, 9.17) is 10.3 Å². The van der Waals surface area contributed by atoms with E-state index >= 15 is 0 Å². The van der Waals surface area contributed by atoms with Gasteiger partial charge < -0.3 is 15.2 Å². The van der Waals surface area contributed by atoms with E-state index in [1.54, 1.807) is 6.20 Å². The molecule has 23 heavy (non-hydrogen) atoms. The number of aromatic nitrogens is 3. The molecule has 7 heteroatoms. The topological polar surface area (TPSA) is 98.1 Å². The number of hydrogen-bond acceptors (Lipinski definition) is 6. The lowest BCUT2D eigenvalue weighted by Crippen LogP contribution is -2.34. The van der Waals surface area contributed by atoms with Crippen LogP contribution in [0.1, 0.15) is 59.6 Å². The summed E-state index contributed by atoms with van der Waals surface area (Å²) in [6.07, 6.45) is 7.42. The molecule has 1 saturated heterocycles. The summed E-state index contributed by atoms with van der Waals surface area (Å²) >= 11 is 0. The van der Waals surface area contributed by atoms with Crippen molar-refractivity contribution in [2.24, 2.45) is 5.73 Å². The number of rotatable bonds is 4. The Hall–Kier alpha value is -2.44. The maximum absolute atomic E-state index is 11.5. The van der Waals surface area contributed by atoms with E-state index < -0.39 is 5.91 Å². The Morgan fingerprint density at radius 3 is 2.70 bits per heavy atom. The monoisotopic (exact) mass is 313 g/mol. The van der Waals surface area contributed by atoms with Gasteiger partial charge in [0, 0.05) is 37.3 Å². The summed E-state index contributed by atoms with van der Waals surface area (Å²) in [7, 11) is 0. The van der Waals surface area contributed by atoms with E-state index in [-0.39, 0.29) is 0 Å². The summed E-state index contributed by atoms with van der Waals surface area (Å²) in [4.78, 5) is 22.3. The highest BCUT2D eigenvalue weighted by atomic mass is 16.5. The average molecular weight is 313 g/mol. The molecule has 1 aliphatic heterocycles. The molecule has 1 amide bonds. The molecule has 120 valence electrons. The Morgan fingerprint density at radius 2 is 2.00 bits per heavy atom. The van der Waals surface area contributed by atoms with Crippen LogP contribution < -0.4 is 10.6 Å². The minimum Gasteiger partial charge on any atom is -0.371 e. The second-order valence-electron chi connectivity index (χ2n) is 6.28. The van der Waals surface area contributed by atoms with Gasteiger partial charge >= 0.3 is 0 Å². The lowest BCUT2D eigenvalue weighted by Gasteiger charge is -2.33. The van der Waals surface area contributed by atoms with Crippen molar-refractivity contribution in [1.82, 2.24) is 15.1 Å². The summed E-state index contributed by atoms with van der Waals surface area (Å²) in [5, 5.41) is 4.16. The second kappa shape index (κ2) is 5.64. The van der Waals surface area contributed by atoms with Gasteiger partial charge in [-0.3, -0.25) is 9.78 Å². The molecule has 0 radical (unpaired) electrons. The van der Waals surface area contributed by atoms with Crippen LogP contribution in [0.3, 0.4) is 0 Å². The predicted octanol–water partition coefficient (Wildman–Crippen LogP) is 1.82. The lowest BCUT2D eigenvalue weighted by atomic mass is 9.95. The number of carbonyl (C=O) groups excluding carboxylic acids is 1. The fraction of sp³-hybridized carbons (Fsp3) is 0.500. The van der Waals surface area contributed by atoms with Crippen molar-refractivity contribution in [3.8, 4) is 0 Å². The highest BCUT2D eigenvalue weighted by Crippen LogP contribution is 2.40. The molecule has 7 nitrogen and oxygen atoms in total. The van der Waals surface area contributed by atoms with Crippen molar-refractivity contribution in [2.75, 3.05) is 18.0 Å².